The molecule has 0 aliphatic carbocycles. The van der Waals surface area contributed by atoms with Gasteiger partial charge in [0.2, 0.25) is 11.3 Å². The molecular weight excluding hydrogens is 621 g/mol. The molecule has 20 heteroatoms. The molecule has 0 aromatic carbocycles. The van der Waals surface area contributed by atoms with E-state index in [1.807, 2.05) is 0 Å². The summed E-state index contributed by atoms with van der Waals surface area (Å²) in [5.41, 5.74) is 4.56. The molecule has 1 fully saturated rings. The van der Waals surface area contributed by atoms with Gasteiger partial charge in [0.25, 0.3) is 11.8 Å². The minimum Gasteiger partial charge on any atom is -0.503 e. The minimum atomic E-state index is -1.51. The van der Waals surface area contributed by atoms with Crippen molar-refractivity contribution in [2.24, 2.45) is 0 Å². The van der Waals surface area contributed by atoms with E-state index < -0.39 is 58.0 Å². The first-order valence-corrected chi connectivity index (χ1v) is 15.0. The molecular formula is C21H18N8O8S4. The lowest BCUT2D eigenvalue weighted by molar-refractivity contribution is -0.151. The van der Waals surface area contributed by atoms with Crippen LogP contribution in [0.4, 0.5) is 5.13 Å². The highest BCUT2D eigenvalue weighted by Gasteiger charge is 2.54. The SMILES string of the molecule is Nc1nc(C(NC(=O)c2cc(=O)c(O)cn2O)C(=O)N[C@@H]2C(=O)N3C(C(=O)O)=C(CSc4cnns4)CS[C@H]23)cs1. The first-order chi connectivity index (χ1) is 19.5. The van der Waals surface area contributed by atoms with E-state index in [1.165, 1.54) is 28.9 Å². The number of hydrogen-bond donors (Lipinski definition) is 6. The van der Waals surface area contributed by atoms with Crippen LogP contribution in [0.25, 0.3) is 0 Å². The second-order valence-corrected chi connectivity index (χ2v) is 12.5. The van der Waals surface area contributed by atoms with Crippen LogP contribution in [0.1, 0.15) is 22.2 Å². The van der Waals surface area contributed by atoms with Crippen molar-refractivity contribution in [3.63, 3.8) is 0 Å². The van der Waals surface area contributed by atoms with E-state index in [0.29, 0.717) is 29.3 Å². The number of carbonyl (C=O) groups is 4. The number of aliphatic carboxylic acids is 1. The van der Waals surface area contributed by atoms with Crippen LogP contribution in [0.15, 0.2) is 44.1 Å². The summed E-state index contributed by atoms with van der Waals surface area (Å²) < 4.78 is 4.77. The van der Waals surface area contributed by atoms with Crippen LogP contribution in [0.2, 0.25) is 0 Å². The minimum absolute atomic E-state index is 0.0203. The van der Waals surface area contributed by atoms with Crippen LogP contribution in [0, 0.1) is 0 Å². The van der Waals surface area contributed by atoms with Gasteiger partial charge >= 0.3 is 5.97 Å². The van der Waals surface area contributed by atoms with Crippen molar-refractivity contribution in [3.05, 3.63) is 56.7 Å². The van der Waals surface area contributed by atoms with Crippen molar-refractivity contribution < 1.29 is 34.6 Å². The number of hydrogen-bond acceptors (Lipinski definition) is 15. The van der Waals surface area contributed by atoms with Crippen LogP contribution in [-0.2, 0) is 14.4 Å². The van der Waals surface area contributed by atoms with Crippen molar-refractivity contribution >= 4 is 75.2 Å². The summed E-state index contributed by atoms with van der Waals surface area (Å²) in [6, 6.07) is -1.95. The van der Waals surface area contributed by atoms with Gasteiger partial charge < -0.3 is 31.8 Å². The number of carbonyl (C=O) groups excluding carboxylic acids is 3. The molecule has 16 nitrogen and oxygen atoms in total. The zero-order valence-electron chi connectivity index (χ0n) is 20.3. The first-order valence-electron chi connectivity index (χ1n) is 11.3. The fraction of sp³-hybridized carbons (Fsp3) is 0.238. The summed E-state index contributed by atoms with van der Waals surface area (Å²) >= 11 is 4.77. The van der Waals surface area contributed by atoms with E-state index in [9.17, 15) is 39.4 Å². The third kappa shape index (κ3) is 5.58. The number of thiazole rings is 1. The van der Waals surface area contributed by atoms with Gasteiger partial charge in [-0.15, -0.1) is 40.0 Å². The lowest BCUT2D eigenvalue weighted by atomic mass is 10.0. The van der Waals surface area contributed by atoms with Crippen molar-refractivity contribution in [2.45, 2.75) is 21.7 Å². The van der Waals surface area contributed by atoms with Crippen LogP contribution in [0.5, 0.6) is 5.75 Å². The molecule has 41 heavy (non-hydrogen) atoms. The van der Waals surface area contributed by atoms with E-state index in [-0.39, 0.29) is 21.3 Å². The quantitative estimate of drug-likeness (QED) is 0.100. The monoisotopic (exact) mass is 638 g/mol. The molecule has 0 radical (unpaired) electrons. The van der Waals surface area contributed by atoms with E-state index >= 15 is 0 Å². The molecule has 2 aliphatic rings. The highest BCUT2D eigenvalue weighted by molar-refractivity contribution is 8.01. The second kappa shape index (κ2) is 11.4. The molecule has 3 atom stereocenters. The molecule has 2 aliphatic heterocycles. The van der Waals surface area contributed by atoms with Gasteiger partial charge in [-0.1, -0.05) is 4.49 Å². The van der Waals surface area contributed by atoms with Crippen LogP contribution in [0.3, 0.4) is 0 Å². The Kier molecular flexibility index (Phi) is 7.89. The Morgan fingerprint density at radius 1 is 1.29 bits per heavy atom. The summed E-state index contributed by atoms with van der Waals surface area (Å²) in [6.07, 6.45) is 2.17. The second-order valence-electron chi connectivity index (χ2n) is 8.45. The molecule has 7 N–H and O–H groups in total. The predicted molar refractivity (Wildman–Crippen MR) is 147 cm³/mol. The number of nitrogens with two attached hydrogens (primary N) is 1. The number of anilines is 1. The Hall–Kier alpha value is -4.14. The van der Waals surface area contributed by atoms with Crippen LogP contribution in [-0.4, -0.2) is 86.2 Å². The van der Waals surface area contributed by atoms with E-state index in [4.69, 9.17) is 5.73 Å². The zero-order chi connectivity index (χ0) is 29.4. The number of carboxylic acids is 1. The molecule has 5 heterocycles. The zero-order valence-corrected chi connectivity index (χ0v) is 23.6. The number of nitrogen functional groups attached to an aromatic ring is 1. The highest BCUT2D eigenvalue weighted by Crippen LogP contribution is 2.42. The standard InChI is InChI=1S/C21H18N8O8S4/c22-21-24-8(6-40-21)13(25-16(32)9-1-10(30)11(31)3-28(9)37)17(33)26-14-18(34)29-15(20(35)36)7(5-39-19(14)29)4-38-12-2-23-27-41-12/h1-3,6,13-14,19,31,37H,4-5H2,(H2,22,24)(H,25,32)(H,26,33)(H,35,36)/t13?,14-,19-/m1/s1. The number of β-lactam (4-membered cyclic amide) rings is 1. The molecule has 3 aromatic heterocycles. The van der Waals surface area contributed by atoms with E-state index in [1.54, 1.807) is 6.20 Å². The Morgan fingerprint density at radius 3 is 2.73 bits per heavy atom. The highest BCUT2D eigenvalue weighted by atomic mass is 32.2. The summed E-state index contributed by atoms with van der Waals surface area (Å²) in [5, 5.41) is 38.7. The maximum absolute atomic E-state index is 13.4. The number of aromatic hydroxyl groups is 1. The molecule has 3 amide bonds. The normalized spacial score (nSPS) is 18.8. The number of thioether (sulfide) groups is 2. The topological polar surface area (TPSA) is 243 Å². The third-order valence-electron chi connectivity index (χ3n) is 5.89. The number of nitrogens with one attached hydrogen (secondary N) is 2. The summed E-state index contributed by atoms with van der Waals surface area (Å²) in [7, 11) is 0. The lowest BCUT2D eigenvalue weighted by Gasteiger charge is -2.49. The van der Waals surface area contributed by atoms with Crippen molar-refractivity contribution in [2.75, 3.05) is 17.2 Å². The number of nitrogens with zero attached hydrogens (tertiary/aromatic N) is 5. The van der Waals surface area contributed by atoms with Gasteiger partial charge in [-0.2, -0.15) is 4.73 Å². The summed E-state index contributed by atoms with van der Waals surface area (Å²) in [4.78, 5) is 68.4. The molecule has 0 saturated carbocycles. The number of carboxylic acid groups (broad SMARTS) is 1. The third-order valence-corrected chi connectivity index (χ3v) is 9.85. The first kappa shape index (κ1) is 28.4. The maximum atomic E-state index is 13.4. The Balaban J connectivity index is 1.34. The Morgan fingerprint density at radius 2 is 2.07 bits per heavy atom. The van der Waals surface area contributed by atoms with Crippen LogP contribution >= 0.6 is 46.4 Å². The lowest BCUT2D eigenvalue weighted by Crippen LogP contribution is -2.71. The van der Waals surface area contributed by atoms with Gasteiger partial charge in [0, 0.05) is 23.0 Å². The molecule has 1 saturated heterocycles. The number of pyridine rings is 1. The Labute approximate surface area is 245 Å². The van der Waals surface area contributed by atoms with E-state index in [0.717, 1.165) is 32.0 Å². The molecule has 1 unspecified atom stereocenters. The molecule has 214 valence electrons. The number of fused-ring (bicyclic) bond motifs is 1. The van der Waals surface area contributed by atoms with Gasteiger partial charge in [0.1, 0.15) is 27.0 Å². The molecule has 3 aromatic rings. The van der Waals surface area contributed by atoms with Gasteiger partial charge in [0.15, 0.2) is 16.9 Å². The fourth-order valence-electron chi connectivity index (χ4n) is 4.01. The smallest absolute Gasteiger partial charge is 0.352 e. The number of aromatic nitrogens is 4. The summed E-state index contributed by atoms with van der Waals surface area (Å²) in [6.45, 7) is 0. The number of rotatable bonds is 9. The average molecular weight is 639 g/mol. The van der Waals surface area contributed by atoms with Gasteiger partial charge in [0.05, 0.1) is 18.1 Å². The van der Waals surface area contributed by atoms with Crippen molar-refractivity contribution in [3.8, 4) is 5.75 Å². The molecule has 0 bridgehead atoms. The van der Waals surface area contributed by atoms with E-state index in [2.05, 4.69) is 25.2 Å². The molecule has 5 rings (SSSR count). The van der Waals surface area contributed by atoms with Gasteiger partial charge in [-0.25, -0.2) is 9.78 Å². The Bertz CT molecular complexity index is 1640. The van der Waals surface area contributed by atoms with Crippen LogP contribution < -0.4 is 21.8 Å². The van der Waals surface area contributed by atoms with Gasteiger partial charge in [-0.05, 0) is 17.1 Å². The average Bonchev–Trinajstić information content (AvgIpc) is 3.62. The molecule has 0 spiro atoms. The number of amides is 3. The summed E-state index contributed by atoms with van der Waals surface area (Å²) in [5.74, 6) is -4.08. The van der Waals surface area contributed by atoms with Gasteiger partial charge in [-0.3, -0.25) is 24.1 Å². The maximum Gasteiger partial charge on any atom is 0.352 e. The van der Waals surface area contributed by atoms with Crippen molar-refractivity contribution in [1.29, 1.82) is 0 Å². The fourth-order valence-corrected chi connectivity index (χ4v) is 7.50. The van der Waals surface area contributed by atoms with Crippen molar-refractivity contribution in [1.82, 2.24) is 34.8 Å². The largest absolute Gasteiger partial charge is 0.503 e. The predicted octanol–water partition coefficient (Wildman–Crippen LogP) is -0.317.